The summed E-state index contributed by atoms with van der Waals surface area (Å²) in [6, 6.07) is 0. The first kappa shape index (κ1) is 39.4. The van der Waals surface area contributed by atoms with E-state index in [0.29, 0.717) is 17.8 Å². The average Bonchev–Trinajstić information content (AvgIpc) is 3.41. The van der Waals surface area contributed by atoms with Crippen LogP contribution in [0.2, 0.25) is 0 Å². The standard InChI is InChI=1S/C29H53N5O9P2/c1-2-3-4-5-6-7-8-9-10-11-12-13-14-15-16-17-18-40-19-20-42-45(38,39)43-44(36,37)25-41-26(22-35)21-34-24-33-27-28(30)31-23-32-29(27)34/h9-10,23-24,26,35H,2-8,11-22,25H2,1H3,(H,36,37)(H,38,39)(H2,30,31,32)/b10-9-/t26-/m0/s1. The Bertz CT molecular complexity index is 1200. The summed E-state index contributed by atoms with van der Waals surface area (Å²) in [5.41, 5.74) is 6.50. The van der Waals surface area contributed by atoms with E-state index in [9.17, 15) is 24.0 Å². The van der Waals surface area contributed by atoms with Crippen LogP contribution in [0.4, 0.5) is 5.82 Å². The van der Waals surface area contributed by atoms with Gasteiger partial charge in [-0.3, -0.25) is 9.09 Å². The normalized spacial score (nSPS) is 15.5. The van der Waals surface area contributed by atoms with Crippen molar-refractivity contribution in [2.24, 2.45) is 0 Å². The number of fused-ring (bicyclic) bond motifs is 1. The topological polar surface area (TPSA) is 201 Å². The molecule has 0 aliphatic carbocycles. The van der Waals surface area contributed by atoms with Gasteiger partial charge in [0.05, 0.1) is 38.8 Å². The maximum atomic E-state index is 12.3. The highest BCUT2D eigenvalue weighted by atomic mass is 31.3. The summed E-state index contributed by atoms with van der Waals surface area (Å²) in [6.07, 6.45) is 22.4. The molecule has 0 amide bonds. The molecule has 0 bridgehead atoms. The fourth-order valence-electron chi connectivity index (χ4n) is 4.59. The third-order valence-electron chi connectivity index (χ3n) is 7.02. The molecule has 0 radical (unpaired) electrons. The number of hydrogen-bond donors (Lipinski definition) is 4. The first-order chi connectivity index (χ1) is 21.7. The lowest BCUT2D eigenvalue weighted by Gasteiger charge is -2.20. The van der Waals surface area contributed by atoms with Crippen LogP contribution in [0, 0.1) is 0 Å². The second-order valence-corrected chi connectivity index (χ2v) is 14.4. The van der Waals surface area contributed by atoms with Crippen LogP contribution < -0.4 is 5.73 Å². The number of aliphatic hydroxyl groups excluding tert-OH is 1. The quantitative estimate of drug-likeness (QED) is 0.0456. The van der Waals surface area contributed by atoms with Crippen molar-refractivity contribution in [3.63, 3.8) is 0 Å². The molecule has 14 nitrogen and oxygen atoms in total. The summed E-state index contributed by atoms with van der Waals surface area (Å²) in [5.74, 6) is 0.177. The van der Waals surface area contributed by atoms with Crippen molar-refractivity contribution in [1.82, 2.24) is 19.5 Å². The number of nitrogen functional groups attached to an aromatic ring is 1. The molecule has 2 aromatic heterocycles. The second-order valence-electron chi connectivity index (χ2n) is 11.0. The monoisotopic (exact) mass is 677 g/mol. The summed E-state index contributed by atoms with van der Waals surface area (Å²) >= 11 is 0. The van der Waals surface area contributed by atoms with Crippen LogP contribution >= 0.6 is 15.4 Å². The summed E-state index contributed by atoms with van der Waals surface area (Å²) in [6.45, 7) is 1.95. The third kappa shape index (κ3) is 17.7. The van der Waals surface area contributed by atoms with Crippen LogP contribution in [-0.2, 0) is 34.0 Å². The molecule has 2 unspecified atom stereocenters. The van der Waals surface area contributed by atoms with Gasteiger partial charge in [-0.2, -0.15) is 0 Å². The zero-order valence-corrected chi connectivity index (χ0v) is 28.4. The van der Waals surface area contributed by atoms with E-state index in [1.165, 1.54) is 81.4 Å². The van der Waals surface area contributed by atoms with Crippen LogP contribution in [0.5, 0.6) is 0 Å². The summed E-state index contributed by atoms with van der Waals surface area (Å²) < 4.78 is 45.9. The largest absolute Gasteiger partial charge is 0.479 e. The van der Waals surface area contributed by atoms with E-state index in [-0.39, 0.29) is 25.6 Å². The summed E-state index contributed by atoms with van der Waals surface area (Å²) in [4.78, 5) is 31.9. The van der Waals surface area contributed by atoms with E-state index >= 15 is 0 Å². The van der Waals surface area contributed by atoms with Gasteiger partial charge in [0.25, 0.3) is 0 Å². The average molecular weight is 678 g/mol. The Hall–Kier alpha value is -1.73. The number of hydrogen-bond acceptors (Lipinski definition) is 11. The predicted octanol–water partition coefficient (Wildman–Crippen LogP) is 6.12. The fourth-order valence-corrected chi connectivity index (χ4v) is 6.96. The number of unbranched alkanes of at least 4 members (excludes halogenated alkanes) is 12. The Labute approximate surface area is 266 Å². The van der Waals surface area contributed by atoms with Gasteiger partial charge in [0.1, 0.15) is 18.2 Å². The highest BCUT2D eigenvalue weighted by molar-refractivity contribution is 7.63. The van der Waals surface area contributed by atoms with Crippen molar-refractivity contribution in [3.05, 3.63) is 24.8 Å². The molecule has 0 fully saturated rings. The number of ether oxygens (including phenoxy) is 2. The molecule has 2 rings (SSSR count). The van der Waals surface area contributed by atoms with Gasteiger partial charge in [0.15, 0.2) is 11.5 Å². The number of phosphoric acid groups is 1. The molecule has 2 aromatic rings. The highest BCUT2D eigenvalue weighted by Gasteiger charge is 2.34. The van der Waals surface area contributed by atoms with E-state index in [4.69, 9.17) is 19.7 Å². The molecular weight excluding hydrogens is 624 g/mol. The van der Waals surface area contributed by atoms with Crippen molar-refractivity contribution >= 4 is 32.4 Å². The van der Waals surface area contributed by atoms with Gasteiger partial charge in [-0.05, 0) is 32.1 Å². The Morgan fingerprint density at radius 1 is 0.889 bits per heavy atom. The van der Waals surface area contributed by atoms with Crippen molar-refractivity contribution in [2.45, 2.75) is 109 Å². The Morgan fingerprint density at radius 2 is 1.53 bits per heavy atom. The van der Waals surface area contributed by atoms with Crippen molar-refractivity contribution in [3.8, 4) is 0 Å². The molecule has 0 aliphatic rings. The second kappa shape index (κ2) is 22.7. The van der Waals surface area contributed by atoms with Gasteiger partial charge in [0, 0.05) is 6.61 Å². The maximum absolute atomic E-state index is 12.3. The number of allylic oxidation sites excluding steroid dienone is 2. The number of aromatic nitrogens is 4. The fraction of sp³-hybridized carbons (Fsp3) is 0.759. The van der Waals surface area contributed by atoms with Gasteiger partial charge in [0.2, 0.25) is 0 Å². The Balaban J connectivity index is 1.48. The Morgan fingerprint density at radius 3 is 2.20 bits per heavy atom. The van der Waals surface area contributed by atoms with Crippen molar-refractivity contribution in [2.75, 3.05) is 38.5 Å². The first-order valence-corrected chi connectivity index (χ1v) is 19.3. The van der Waals surface area contributed by atoms with E-state index < -0.39 is 34.5 Å². The van der Waals surface area contributed by atoms with Gasteiger partial charge in [-0.1, -0.05) is 76.9 Å². The number of aliphatic hydroxyl groups is 1. The number of anilines is 1. The summed E-state index contributed by atoms with van der Waals surface area (Å²) in [7, 11) is -9.57. The number of phosphoric ester groups is 1. The molecule has 5 N–H and O–H groups in total. The zero-order valence-electron chi connectivity index (χ0n) is 26.6. The number of imidazole rings is 1. The van der Waals surface area contributed by atoms with Gasteiger partial charge >= 0.3 is 15.4 Å². The summed E-state index contributed by atoms with van der Waals surface area (Å²) in [5, 5.41) is 9.64. The molecule has 0 aliphatic heterocycles. The van der Waals surface area contributed by atoms with Gasteiger partial charge in [-0.25, -0.2) is 23.8 Å². The van der Waals surface area contributed by atoms with Crippen LogP contribution in [0.3, 0.4) is 0 Å². The van der Waals surface area contributed by atoms with E-state index in [1.807, 2.05) is 0 Å². The first-order valence-electron chi connectivity index (χ1n) is 16.0. The van der Waals surface area contributed by atoms with Gasteiger partial charge < -0.3 is 34.7 Å². The molecule has 0 aromatic carbocycles. The van der Waals surface area contributed by atoms with Crippen LogP contribution in [0.15, 0.2) is 24.8 Å². The molecule has 0 saturated carbocycles. The lowest BCUT2D eigenvalue weighted by molar-refractivity contribution is 0.0196. The van der Waals surface area contributed by atoms with E-state index in [2.05, 4.69) is 38.3 Å². The number of nitrogens with zero attached hydrogens (tertiary/aromatic N) is 4. The molecule has 258 valence electrons. The number of rotatable bonds is 28. The molecule has 45 heavy (non-hydrogen) atoms. The SMILES string of the molecule is CCCCCCCC/C=C\CCCCCCCCOCCOP(=O)(O)OP(=O)(O)CO[C@H](CO)Cn1cnc2c(N)ncnc21. The minimum absolute atomic E-state index is 0.00504. The smallest absolute Gasteiger partial charge is 0.394 e. The minimum Gasteiger partial charge on any atom is -0.394 e. The number of nitrogens with two attached hydrogens (primary N) is 1. The van der Waals surface area contributed by atoms with Gasteiger partial charge in [-0.15, -0.1) is 0 Å². The van der Waals surface area contributed by atoms with E-state index in [0.717, 1.165) is 25.7 Å². The van der Waals surface area contributed by atoms with Crippen molar-refractivity contribution in [1.29, 1.82) is 0 Å². The van der Waals surface area contributed by atoms with E-state index in [1.54, 1.807) is 0 Å². The predicted molar refractivity (Wildman–Crippen MR) is 174 cm³/mol. The molecule has 16 heteroatoms. The highest BCUT2D eigenvalue weighted by Crippen LogP contribution is 2.59. The lowest BCUT2D eigenvalue weighted by Crippen LogP contribution is -2.24. The van der Waals surface area contributed by atoms with Crippen LogP contribution in [-0.4, -0.2) is 73.3 Å². The molecular formula is C29H53N5O9P2. The Kier molecular flexibility index (Phi) is 19.9. The maximum Gasteiger partial charge on any atom is 0.479 e. The zero-order chi connectivity index (χ0) is 32.8. The molecule has 2 heterocycles. The van der Waals surface area contributed by atoms with Crippen LogP contribution in [0.1, 0.15) is 96.8 Å². The molecule has 0 spiro atoms. The molecule has 3 atom stereocenters. The van der Waals surface area contributed by atoms with Crippen molar-refractivity contribution < 1.29 is 42.3 Å². The minimum atomic E-state index is -4.86. The molecule has 0 saturated heterocycles. The third-order valence-corrected chi connectivity index (χ3v) is 9.85. The lowest BCUT2D eigenvalue weighted by atomic mass is 10.1. The van der Waals surface area contributed by atoms with Crippen LogP contribution in [0.25, 0.3) is 11.2 Å².